The van der Waals surface area contributed by atoms with Crippen molar-refractivity contribution in [1.82, 2.24) is 15.5 Å². The summed E-state index contributed by atoms with van der Waals surface area (Å²) >= 11 is 5.24. The Labute approximate surface area is 94.1 Å². The second kappa shape index (κ2) is 5.92. The molecule has 1 aliphatic heterocycles. The molecule has 6 heteroatoms. The van der Waals surface area contributed by atoms with Crippen LogP contribution in [0.2, 0.25) is 0 Å². The van der Waals surface area contributed by atoms with Gasteiger partial charge in [-0.25, -0.2) is 4.79 Å². The molecular weight excluding hydrogens is 218 g/mol. The van der Waals surface area contributed by atoms with E-state index in [1.54, 1.807) is 0 Å². The molecule has 1 heterocycles. The third kappa shape index (κ3) is 4.48. The molecule has 1 aliphatic rings. The molecule has 0 radical (unpaired) electrons. The third-order valence-electron chi connectivity index (χ3n) is 2.41. The maximum Gasteiger partial charge on any atom is 0.321 e. The van der Waals surface area contributed by atoms with Crippen molar-refractivity contribution >= 4 is 23.5 Å². The number of nitrogens with zero attached hydrogens (tertiary/aromatic N) is 1. The van der Waals surface area contributed by atoms with Crippen molar-refractivity contribution in [3.05, 3.63) is 0 Å². The number of amides is 3. The molecule has 0 aliphatic carbocycles. The molecule has 0 aromatic rings. The predicted octanol–water partition coefficient (Wildman–Crippen LogP) is 0.00270. The summed E-state index contributed by atoms with van der Waals surface area (Å²) in [4.78, 5) is 24.1. The minimum Gasteiger partial charge on any atom is -0.337 e. The lowest BCUT2D eigenvalue weighted by atomic mass is 10.1. The summed E-state index contributed by atoms with van der Waals surface area (Å²) in [7, 11) is 2.05. The Kier molecular flexibility index (Phi) is 4.84. The fraction of sp³-hybridized carbons (Fsp3) is 0.778. The average Bonchev–Trinajstić information content (AvgIpc) is 2.61. The first-order valence-corrected chi connectivity index (χ1v) is 5.47. The topological polar surface area (TPSA) is 61.4 Å². The first-order valence-electron chi connectivity index (χ1n) is 4.94. The average molecular weight is 234 g/mol. The van der Waals surface area contributed by atoms with Crippen LogP contribution in [0.25, 0.3) is 0 Å². The molecule has 3 amide bonds. The number of carbonyl (C=O) groups excluding carboxylic acids is 2. The van der Waals surface area contributed by atoms with Crippen LogP contribution in [0.5, 0.6) is 0 Å². The molecule has 0 bridgehead atoms. The van der Waals surface area contributed by atoms with E-state index in [1.807, 2.05) is 0 Å². The van der Waals surface area contributed by atoms with Crippen LogP contribution in [0.3, 0.4) is 0 Å². The summed E-state index contributed by atoms with van der Waals surface area (Å²) in [6.07, 6.45) is 1.08. The lowest BCUT2D eigenvalue weighted by molar-refractivity contribution is -0.117. The van der Waals surface area contributed by atoms with Crippen LogP contribution >= 0.6 is 11.6 Å². The molecule has 0 aromatic heterocycles. The van der Waals surface area contributed by atoms with Crippen molar-refractivity contribution in [2.45, 2.75) is 6.42 Å². The molecule has 1 saturated heterocycles. The van der Waals surface area contributed by atoms with Crippen molar-refractivity contribution in [2.75, 3.05) is 32.6 Å². The van der Waals surface area contributed by atoms with E-state index in [0.29, 0.717) is 12.5 Å². The molecule has 2 N–H and O–H groups in total. The van der Waals surface area contributed by atoms with Gasteiger partial charge < -0.3 is 10.2 Å². The van der Waals surface area contributed by atoms with Gasteiger partial charge in [0.2, 0.25) is 5.91 Å². The van der Waals surface area contributed by atoms with Crippen molar-refractivity contribution in [1.29, 1.82) is 0 Å². The van der Waals surface area contributed by atoms with Gasteiger partial charge in [-0.3, -0.25) is 10.1 Å². The number of alkyl halides is 1. The summed E-state index contributed by atoms with van der Waals surface area (Å²) in [5.41, 5.74) is 0. The largest absolute Gasteiger partial charge is 0.337 e. The van der Waals surface area contributed by atoms with E-state index in [4.69, 9.17) is 11.6 Å². The molecule has 0 aromatic carbocycles. The molecule has 86 valence electrons. The van der Waals surface area contributed by atoms with Gasteiger partial charge in [0.15, 0.2) is 0 Å². The first kappa shape index (κ1) is 12.3. The zero-order valence-electron chi connectivity index (χ0n) is 8.75. The Morgan fingerprint density at radius 3 is 2.80 bits per heavy atom. The maximum atomic E-state index is 11.1. The van der Waals surface area contributed by atoms with E-state index in [0.717, 1.165) is 19.5 Å². The lowest BCUT2D eigenvalue weighted by Crippen LogP contribution is -2.42. The molecule has 0 saturated carbocycles. The van der Waals surface area contributed by atoms with Gasteiger partial charge in [-0.1, -0.05) is 0 Å². The highest BCUT2D eigenvalue weighted by atomic mass is 35.5. The summed E-state index contributed by atoms with van der Waals surface area (Å²) in [5.74, 6) is -0.191. The number of carbonyl (C=O) groups is 2. The van der Waals surface area contributed by atoms with Gasteiger partial charge in [-0.15, -0.1) is 11.6 Å². The van der Waals surface area contributed by atoms with Crippen LogP contribution in [-0.4, -0.2) is 49.4 Å². The van der Waals surface area contributed by atoms with Gasteiger partial charge in [-0.2, -0.15) is 0 Å². The van der Waals surface area contributed by atoms with Crippen molar-refractivity contribution < 1.29 is 9.59 Å². The summed E-state index contributed by atoms with van der Waals surface area (Å²) in [6, 6.07) is -0.463. The quantitative estimate of drug-likeness (QED) is 0.675. The van der Waals surface area contributed by atoms with E-state index in [9.17, 15) is 9.59 Å². The van der Waals surface area contributed by atoms with Crippen molar-refractivity contribution in [3.8, 4) is 0 Å². The first-order chi connectivity index (χ1) is 7.11. The zero-order chi connectivity index (χ0) is 11.3. The van der Waals surface area contributed by atoms with E-state index in [-0.39, 0.29) is 5.88 Å². The van der Waals surface area contributed by atoms with Crippen LogP contribution in [0, 0.1) is 5.92 Å². The Morgan fingerprint density at radius 1 is 1.53 bits per heavy atom. The minimum atomic E-state index is -0.474. The van der Waals surface area contributed by atoms with Gasteiger partial charge in [0.05, 0.1) is 0 Å². The number of hydrogen-bond donors (Lipinski definition) is 2. The zero-order valence-corrected chi connectivity index (χ0v) is 9.51. The van der Waals surface area contributed by atoms with Crippen LogP contribution in [0.4, 0.5) is 4.79 Å². The number of urea groups is 1. The number of nitrogens with one attached hydrogen (secondary N) is 2. The molecule has 1 rings (SSSR count). The van der Waals surface area contributed by atoms with Gasteiger partial charge >= 0.3 is 6.03 Å². The number of likely N-dealkylation sites (tertiary alicyclic amines) is 1. The number of hydrogen-bond acceptors (Lipinski definition) is 3. The maximum absolute atomic E-state index is 11.1. The van der Waals surface area contributed by atoms with Crippen LogP contribution in [-0.2, 0) is 4.79 Å². The standard InChI is InChI=1S/C9H16ClN3O2/c1-13-3-2-7(6-13)5-11-9(15)12-8(14)4-10/h7H,2-6H2,1H3,(H2,11,12,14,15). The highest BCUT2D eigenvalue weighted by Crippen LogP contribution is 2.12. The predicted molar refractivity (Wildman–Crippen MR) is 57.9 cm³/mol. The van der Waals surface area contributed by atoms with Crippen LogP contribution < -0.4 is 10.6 Å². The Bertz CT molecular complexity index is 248. The van der Waals surface area contributed by atoms with Gasteiger partial charge in [-0.05, 0) is 25.9 Å². The van der Waals surface area contributed by atoms with Gasteiger partial charge in [0.1, 0.15) is 5.88 Å². The monoisotopic (exact) mass is 233 g/mol. The van der Waals surface area contributed by atoms with Crippen molar-refractivity contribution in [3.63, 3.8) is 0 Å². The van der Waals surface area contributed by atoms with Crippen LogP contribution in [0.1, 0.15) is 6.42 Å². The van der Waals surface area contributed by atoms with Crippen LogP contribution in [0.15, 0.2) is 0 Å². The molecule has 0 spiro atoms. The molecule has 15 heavy (non-hydrogen) atoms. The molecule has 5 nitrogen and oxygen atoms in total. The summed E-state index contributed by atoms with van der Waals surface area (Å²) in [5, 5.41) is 4.78. The Morgan fingerprint density at radius 2 is 2.27 bits per heavy atom. The highest BCUT2D eigenvalue weighted by Gasteiger charge is 2.19. The fourth-order valence-electron chi connectivity index (χ4n) is 1.63. The Balaban J connectivity index is 2.14. The van der Waals surface area contributed by atoms with E-state index >= 15 is 0 Å². The van der Waals surface area contributed by atoms with E-state index in [2.05, 4.69) is 22.6 Å². The second-order valence-electron chi connectivity index (χ2n) is 3.81. The van der Waals surface area contributed by atoms with Gasteiger partial charge in [0.25, 0.3) is 0 Å². The lowest BCUT2D eigenvalue weighted by Gasteiger charge is -2.11. The Hall–Kier alpha value is -0.810. The minimum absolute atomic E-state index is 0.195. The van der Waals surface area contributed by atoms with E-state index in [1.165, 1.54) is 0 Å². The molecule has 1 atom stereocenters. The van der Waals surface area contributed by atoms with E-state index < -0.39 is 11.9 Å². The third-order valence-corrected chi connectivity index (χ3v) is 2.66. The number of halogens is 1. The summed E-state index contributed by atoms with van der Waals surface area (Å²) in [6.45, 7) is 2.66. The second-order valence-corrected chi connectivity index (χ2v) is 4.08. The molecule has 1 fully saturated rings. The number of rotatable bonds is 3. The SMILES string of the molecule is CN1CCC(CNC(=O)NC(=O)CCl)C1. The smallest absolute Gasteiger partial charge is 0.321 e. The highest BCUT2D eigenvalue weighted by molar-refractivity contribution is 6.28. The number of imide groups is 1. The normalized spacial score (nSPS) is 21.3. The molecule has 1 unspecified atom stereocenters. The van der Waals surface area contributed by atoms with Gasteiger partial charge in [0, 0.05) is 13.1 Å². The fourth-order valence-corrected chi connectivity index (χ4v) is 1.70. The van der Waals surface area contributed by atoms with Crippen molar-refractivity contribution in [2.24, 2.45) is 5.92 Å². The molecular formula is C9H16ClN3O2. The summed E-state index contributed by atoms with van der Waals surface area (Å²) < 4.78 is 0.